The van der Waals surface area contributed by atoms with Crippen molar-refractivity contribution in [3.05, 3.63) is 18.0 Å². The predicted molar refractivity (Wildman–Crippen MR) is 102 cm³/mol. The Bertz CT molecular complexity index is 574. The van der Waals surface area contributed by atoms with Gasteiger partial charge in [0.15, 0.2) is 5.96 Å². The molecule has 1 aliphatic heterocycles. The van der Waals surface area contributed by atoms with E-state index in [1.807, 2.05) is 0 Å². The van der Waals surface area contributed by atoms with Crippen LogP contribution < -0.4 is 10.6 Å². The quantitative estimate of drug-likeness (QED) is 0.485. The topological polar surface area (TPSA) is 83.7 Å². The van der Waals surface area contributed by atoms with Gasteiger partial charge in [0.2, 0.25) is 0 Å². The van der Waals surface area contributed by atoms with Gasteiger partial charge >= 0.3 is 0 Å². The number of rotatable bonds is 8. The van der Waals surface area contributed by atoms with Crippen molar-refractivity contribution in [2.45, 2.75) is 58.0 Å². The van der Waals surface area contributed by atoms with Crippen molar-refractivity contribution in [3.63, 3.8) is 0 Å². The van der Waals surface area contributed by atoms with Gasteiger partial charge in [0.25, 0.3) is 0 Å². The van der Waals surface area contributed by atoms with E-state index in [2.05, 4.69) is 34.5 Å². The standard InChI is InChI=1S/C19H33N5O2/c1-2-20-18(22-14-19(8-11-25)9-12-26-15-19)21-13-16-7-10-24(23-16)17-5-3-4-6-17/h7,10,17,25H,2-6,8-9,11-15H2,1H3,(H2,20,21,22). The fourth-order valence-corrected chi connectivity index (χ4v) is 3.92. The van der Waals surface area contributed by atoms with Gasteiger partial charge in [0.1, 0.15) is 0 Å². The fraction of sp³-hybridized carbons (Fsp3) is 0.789. The number of aliphatic imine (C=N–C) groups is 1. The number of ether oxygens (including phenoxy) is 1. The number of aromatic nitrogens is 2. The van der Waals surface area contributed by atoms with Crippen molar-refractivity contribution in [2.24, 2.45) is 10.4 Å². The zero-order valence-corrected chi connectivity index (χ0v) is 15.9. The van der Waals surface area contributed by atoms with Crippen molar-refractivity contribution < 1.29 is 9.84 Å². The molecule has 1 aromatic rings. The highest BCUT2D eigenvalue weighted by Crippen LogP contribution is 2.31. The third-order valence-electron chi connectivity index (χ3n) is 5.56. The molecule has 3 rings (SSSR count). The van der Waals surface area contributed by atoms with E-state index in [0.717, 1.165) is 44.2 Å². The van der Waals surface area contributed by atoms with E-state index in [9.17, 15) is 5.11 Å². The maximum atomic E-state index is 9.36. The molecule has 0 spiro atoms. The normalized spacial score (nSPS) is 24.3. The van der Waals surface area contributed by atoms with Crippen LogP contribution in [0, 0.1) is 5.41 Å². The van der Waals surface area contributed by atoms with Crippen molar-refractivity contribution >= 4 is 5.96 Å². The second-order valence-electron chi connectivity index (χ2n) is 7.55. The number of guanidine groups is 1. The highest BCUT2D eigenvalue weighted by Gasteiger charge is 2.34. The van der Waals surface area contributed by atoms with Crippen molar-refractivity contribution in [2.75, 3.05) is 32.9 Å². The third kappa shape index (κ3) is 4.98. The molecule has 2 aliphatic rings. The first-order valence-corrected chi connectivity index (χ1v) is 9.99. The molecule has 1 aromatic heterocycles. The average molecular weight is 364 g/mol. The molecule has 2 fully saturated rings. The average Bonchev–Trinajstić information content (AvgIpc) is 3.39. The summed E-state index contributed by atoms with van der Waals surface area (Å²) in [5, 5.41) is 20.8. The molecule has 0 aromatic carbocycles. The molecule has 1 aliphatic carbocycles. The summed E-state index contributed by atoms with van der Waals surface area (Å²) in [6.07, 6.45) is 8.93. The van der Waals surface area contributed by atoms with Gasteiger partial charge in [-0.05, 0) is 38.7 Å². The molecule has 146 valence electrons. The van der Waals surface area contributed by atoms with E-state index in [-0.39, 0.29) is 12.0 Å². The second kappa shape index (κ2) is 9.37. The lowest BCUT2D eigenvalue weighted by Gasteiger charge is -2.27. The molecular formula is C19H33N5O2. The van der Waals surface area contributed by atoms with Gasteiger partial charge < -0.3 is 20.5 Å². The van der Waals surface area contributed by atoms with Crippen LogP contribution in [0.2, 0.25) is 0 Å². The lowest BCUT2D eigenvalue weighted by atomic mass is 9.84. The number of hydrogen-bond acceptors (Lipinski definition) is 4. The summed E-state index contributed by atoms with van der Waals surface area (Å²) in [5.74, 6) is 0.798. The van der Waals surface area contributed by atoms with Crippen LogP contribution >= 0.6 is 0 Å². The maximum absolute atomic E-state index is 9.36. The predicted octanol–water partition coefficient (Wildman–Crippen LogP) is 1.84. The highest BCUT2D eigenvalue weighted by molar-refractivity contribution is 5.79. The van der Waals surface area contributed by atoms with E-state index in [0.29, 0.717) is 19.2 Å². The van der Waals surface area contributed by atoms with E-state index >= 15 is 0 Å². The Labute approximate surface area is 156 Å². The van der Waals surface area contributed by atoms with Gasteiger partial charge in [0, 0.05) is 37.9 Å². The van der Waals surface area contributed by atoms with E-state index in [4.69, 9.17) is 14.8 Å². The fourth-order valence-electron chi connectivity index (χ4n) is 3.92. The Morgan fingerprint density at radius 2 is 2.27 bits per heavy atom. The minimum Gasteiger partial charge on any atom is -0.396 e. The molecule has 1 atom stereocenters. The smallest absolute Gasteiger partial charge is 0.191 e. The molecule has 2 heterocycles. The summed E-state index contributed by atoms with van der Waals surface area (Å²) in [5.41, 5.74) is 1.01. The Balaban J connectivity index is 1.56. The highest BCUT2D eigenvalue weighted by atomic mass is 16.5. The van der Waals surface area contributed by atoms with Crippen molar-refractivity contribution in [1.82, 2.24) is 20.4 Å². The lowest BCUT2D eigenvalue weighted by Crippen LogP contribution is -2.44. The van der Waals surface area contributed by atoms with Gasteiger partial charge in [-0.15, -0.1) is 0 Å². The molecule has 3 N–H and O–H groups in total. The van der Waals surface area contributed by atoms with Crippen LogP contribution in [0.5, 0.6) is 0 Å². The van der Waals surface area contributed by atoms with Crippen LogP contribution in [0.15, 0.2) is 17.3 Å². The van der Waals surface area contributed by atoms with Gasteiger partial charge in [-0.2, -0.15) is 5.10 Å². The van der Waals surface area contributed by atoms with Crippen LogP contribution in [0.1, 0.15) is 57.2 Å². The van der Waals surface area contributed by atoms with E-state index in [1.165, 1.54) is 25.7 Å². The van der Waals surface area contributed by atoms with Crippen LogP contribution in [-0.2, 0) is 11.3 Å². The van der Waals surface area contributed by atoms with E-state index in [1.54, 1.807) is 0 Å². The van der Waals surface area contributed by atoms with Crippen LogP contribution in [0.25, 0.3) is 0 Å². The van der Waals surface area contributed by atoms with Gasteiger partial charge in [0.05, 0.1) is 24.9 Å². The van der Waals surface area contributed by atoms with Crippen LogP contribution in [0.3, 0.4) is 0 Å². The molecule has 0 bridgehead atoms. The summed E-state index contributed by atoms with van der Waals surface area (Å²) < 4.78 is 7.68. The van der Waals surface area contributed by atoms with Gasteiger partial charge in [-0.3, -0.25) is 4.68 Å². The number of aliphatic hydroxyl groups is 1. The van der Waals surface area contributed by atoms with Gasteiger partial charge in [-0.25, -0.2) is 4.99 Å². The molecule has 7 nitrogen and oxygen atoms in total. The zero-order valence-electron chi connectivity index (χ0n) is 15.9. The second-order valence-corrected chi connectivity index (χ2v) is 7.55. The number of hydrogen-bond donors (Lipinski definition) is 3. The first kappa shape index (κ1) is 19.2. The van der Waals surface area contributed by atoms with Gasteiger partial charge in [-0.1, -0.05) is 12.8 Å². The minimum atomic E-state index is 0.00892. The number of nitrogens with zero attached hydrogens (tertiary/aromatic N) is 3. The van der Waals surface area contributed by atoms with Crippen molar-refractivity contribution in [3.8, 4) is 0 Å². The van der Waals surface area contributed by atoms with Crippen LogP contribution in [0.4, 0.5) is 0 Å². The lowest BCUT2D eigenvalue weighted by molar-refractivity contribution is 0.127. The summed E-state index contributed by atoms with van der Waals surface area (Å²) in [4.78, 5) is 4.69. The molecule has 7 heteroatoms. The summed E-state index contributed by atoms with van der Waals surface area (Å²) >= 11 is 0. The first-order chi connectivity index (χ1) is 12.7. The largest absolute Gasteiger partial charge is 0.396 e. The number of aliphatic hydroxyl groups excluding tert-OH is 1. The monoisotopic (exact) mass is 363 g/mol. The first-order valence-electron chi connectivity index (χ1n) is 9.99. The molecule has 0 radical (unpaired) electrons. The SMILES string of the molecule is CCNC(=NCc1ccn(C2CCCC2)n1)NCC1(CCO)CCOC1. The summed E-state index contributed by atoms with van der Waals surface area (Å²) in [6, 6.07) is 2.64. The molecule has 0 amide bonds. The van der Waals surface area contributed by atoms with Crippen LogP contribution in [-0.4, -0.2) is 53.8 Å². The Morgan fingerprint density at radius 3 is 2.96 bits per heavy atom. The molecule has 1 saturated carbocycles. The Hall–Kier alpha value is -1.60. The zero-order chi connectivity index (χ0) is 18.2. The van der Waals surface area contributed by atoms with E-state index < -0.39 is 0 Å². The molecule has 26 heavy (non-hydrogen) atoms. The summed E-state index contributed by atoms with van der Waals surface area (Å²) in [6.45, 7) is 5.87. The molecular weight excluding hydrogens is 330 g/mol. The van der Waals surface area contributed by atoms with Crippen molar-refractivity contribution in [1.29, 1.82) is 0 Å². The minimum absolute atomic E-state index is 0.00892. The number of nitrogens with one attached hydrogen (secondary N) is 2. The third-order valence-corrected chi connectivity index (χ3v) is 5.56. The summed E-state index contributed by atoms with van der Waals surface area (Å²) in [7, 11) is 0. The Morgan fingerprint density at radius 1 is 1.42 bits per heavy atom. The molecule has 1 unspecified atom stereocenters. The maximum Gasteiger partial charge on any atom is 0.191 e. The molecule has 1 saturated heterocycles. The Kier molecular flexibility index (Phi) is 6.91.